The van der Waals surface area contributed by atoms with Gasteiger partial charge in [-0.25, -0.2) is 0 Å². The molecule has 252 valence electrons. The van der Waals surface area contributed by atoms with E-state index in [2.05, 4.69) is 196 Å². The Morgan fingerprint density at radius 2 is 0.943 bits per heavy atom. The molecule has 11 rings (SSSR count). The SMILES string of the molecule is CC1(C)c2cc3ccccc3cc2-c2c1cc(N(c1ccccc1)c1ccc3cc4c(cc3c1)C(C)(C)c1c-4ccc3ccccc13)c1ccccc21. The Morgan fingerprint density at radius 3 is 1.74 bits per heavy atom. The minimum atomic E-state index is -0.162. The summed E-state index contributed by atoms with van der Waals surface area (Å²) in [6.45, 7) is 9.60. The predicted octanol–water partition coefficient (Wildman–Crippen LogP) is 14.4. The number of hydrogen-bond donors (Lipinski definition) is 0. The van der Waals surface area contributed by atoms with E-state index in [1.807, 2.05) is 0 Å². The maximum absolute atomic E-state index is 2.49. The van der Waals surface area contributed by atoms with Gasteiger partial charge in [-0.1, -0.05) is 137 Å². The van der Waals surface area contributed by atoms with E-state index in [1.54, 1.807) is 0 Å². The van der Waals surface area contributed by atoms with Gasteiger partial charge in [-0.15, -0.1) is 0 Å². The second-order valence-corrected chi connectivity index (χ2v) is 16.2. The Kier molecular flexibility index (Phi) is 6.14. The van der Waals surface area contributed by atoms with Crippen molar-refractivity contribution < 1.29 is 0 Å². The molecule has 0 fully saturated rings. The fourth-order valence-electron chi connectivity index (χ4n) is 9.91. The van der Waals surface area contributed by atoms with E-state index >= 15 is 0 Å². The van der Waals surface area contributed by atoms with Crippen LogP contribution in [-0.2, 0) is 10.8 Å². The topological polar surface area (TPSA) is 3.24 Å². The standard InChI is InChI=1S/C52H39N/c1-51(2)46-29-34-16-9-8-15-33(34)28-44(46)49-41-21-13-12-20-40(41)48(31-47(49)51)53(37-17-6-5-7-18-37)38-24-22-35-27-43-42-25-23-32-14-10-11-19-39(32)50(42)52(3,4)45(43)30-36(35)26-38/h5-31H,1-4H3. The molecule has 0 saturated heterocycles. The molecule has 0 saturated carbocycles. The zero-order valence-electron chi connectivity index (χ0n) is 30.5. The number of hydrogen-bond acceptors (Lipinski definition) is 1. The molecule has 0 amide bonds. The monoisotopic (exact) mass is 677 g/mol. The summed E-state index contributed by atoms with van der Waals surface area (Å²) >= 11 is 0. The van der Waals surface area contributed by atoms with E-state index in [9.17, 15) is 0 Å². The van der Waals surface area contributed by atoms with Crippen LogP contribution in [0.1, 0.15) is 49.9 Å². The van der Waals surface area contributed by atoms with Crippen LogP contribution in [0.5, 0.6) is 0 Å². The van der Waals surface area contributed by atoms with Crippen molar-refractivity contribution in [3.8, 4) is 22.3 Å². The van der Waals surface area contributed by atoms with Gasteiger partial charge < -0.3 is 4.90 Å². The van der Waals surface area contributed by atoms with Crippen molar-refractivity contribution >= 4 is 60.2 Å². The molecule has 2 aliphatic carbocycles. The fraction of sp³-hybridized carbons (Fsp3) is 0.115. The lowest BCUT2D eigenvalue weighted by Crippen LogP contribution is -2.17. The van der Waals surface area contributed by atoms with E-state index < -0.39 is 0 Å². The molecule has 0 aliphatic heterocycles. The van der Waals surface area contributed by atoms with Crippen LogP contribution in [0, 0.1) is 0 Å². The second-order valence-electron chi connectivity index (χ2n) is 16.2. The Bertz CT molecular complexity index is 3000. The molecule has 0 N–H and O–H groups in total. The lowest BCUT2D eigenvalue weighted by molar-refractivity contribution is 0.661. The summed E-state index contributed by atoms with van der Waals surface area (Å²) in [7, 11) is 0. The van der Waals surface area contributed by atoms with Crippen molar-refractivity contribution in [3.63, 3.8) is 0 Å². The van der Waals surface area contributed by atoms with Crippen LogP contribution in [0.3, 0.4) is 0 Å². The molecule has 0 aromatic heterocycles. The Morgan fingerprint density at radius 1 is 0.358 bits per heavy atom. The van der Waals surface area contributed by atoms with Crippen LogP contribution in [0.15, 0.2) is 164 Å². The minimum Gasteiger partial charge on any atom is -0.310 e. The van der Waals surface area contributed by atoms with Crippen LogP contribution in [0.25, 0.3) is 65.3 Å². The highest BCUT2D eigenvalue weighted by Crippen LogP contribution is 2.56. The van der Waals surface area contributed by atoms with Gasteiger partial charge in [-0.3, -0.25) is 0 Å². The second kappa shape index (κ2) is 10.7. The van der Waals surface area contributed by atoms with Crippen molar-refractivity contribution in [2.75, 3.05) is 4.90 Å². The first-order valence-electron chi connectivity index (χ1n) is 18.8. The molecule has 0 radical (unpaired) electrons. The van der Waals surface area contributed by atoms with Crippen LogP contribution in [0.4, 0.5) is 17.1 Å². The minimum absolute atomic E-state index is 0.115. The first kappa shape index (κ1) is 30.4. The predicted molar refractivity (Wildman–Crippen MR) is 226 cm³/mol. The summed E-state index contributed by atoms with van der Waals surface area (Å²) in [6, 6.07) is 61.5. The van der Waals surface area contributed by atoms with Crippen LogP contribution in [0.2, 0.25) is 0 Å². The Balaban J connectivity index is 1.14. The third-order valence-electron chi connectivity index (χ3n) is 12.5. The summed E-state index contributed by atoms with van der Waals surface area (Å²) in [4.78, 5) is 2.48. The first-order valence-corrected chi connectivity index (χ1v) is 18.8. The highest BCUT2D eigenvalue weighted by Gasteiger charge is 2.39. The van der Waals surface area contributed by atoms with Gasteiger partial charge in [0.05, 0.1) is 5.69 Å². The van der Waals surface area contributed by atoms with Crippen molar-refractivity contribution in [1.82, 2.24) is 0 Å². The van der Waals surface area contributed by atoms with E-state index in [0.717, 1.165) is 11.4 Å². The van der Waals surface area contributed by atoms with Crippen LogP contribution >= 0.6 is 0 Å². The molecule has 0 atom stereocenters. The molecule has 0 heterocycles. The molecule has 2 aliphatic rings. The van der Waals surface area contributed by atoms with Crippen LogP contribution in [-0.4, -0.2) is 0 Å². The number of rotatable bonds is 3. The summed E-state index contributed by atoms with van der Waals surface area (Å²) in [6.07, 6.45) is 0. The number of fused-ring (bicyclic) bond motifs is 12. The normalized spacial score (nSPS) is 14.7. The maximum atomic E-state index is 2.49. The molecule has 53 heavy (non-hydrogen) atoms. The zero-order valence-corrected chi connectivity index (χ0v) is 30.5. The van der Waals surface area contributed by atoms with Crippen molar-refractivity contribution in [2.24, 2.45) is 0 Å². The van der Waals surface area contributed by atoms with Crippen molar-refractivity contribution in [3.05, 3.63) is 186 Å². The summed E-state index contributed by atoms with van der Waals surface area (Å²) < 4.78 is 0. The maximum Gasteiger partial charge on any atom is 0.0543 e. The summed E-state index contributed by atoms with van der Waals surface area (Å²) in [5.41, 5.74) is 14.3. The molecule has 9 aromatic rings. The largest absolute Gasteiger partial charge is 0.310 e. The molecule has 0 bridgehead atoms. The zero-order chi connectivity index (χ0) is 35.6. The summed E-state index contributed by atoms with van der Waals surface area (Å²) in [5, 5.41) is 10.3. The van der Waals surface area contributed by atoms with Crippen LogP contribution < -0.4 is 4.90 Å². The molecule has 0 spiro atoms. The van der Waals surface area contributed by atoms with Gasteiger partial charge in [0.15, 0.2) is 0 Å². The number of nitrogens with zero attached hydrogens (tertiary/aromatic N) is 1. The van der Waals surface area contributed by atoms with Gasteiger partial charge in [-0.05, 0) is 137 Å². The van der Waals surface area contributed by atoms with E-state index in [0.29, 0.717) is 0 Å². The molecular formula is C52H39N. The molecule has 1 nitrogen and oxygen atoms in total. The van der Waals surface area contributed by atoms with E-state index in [-0.39, 0.29) is 10.8 Å². The Labute approximate surface area is 310 Å². The van der Waals surface area contributed by atoms with Crippen molar-refractivity contribution in [1.29, 1.82) is 0 Å². The first-order chi connectivity index (χ1) is 25.8. The quantitative estimate of drug-likeness (QED) is 0.180. The third kappa shape index (κ3) is 4.20. The van der Waals surface area contributed by atoms with Gasteiger partial charge in [0.2, 0.25) is 0 Å². The van der Waals surface area contributed by atoms with Gasteiger partial charge >= 0.3 is 0 Å². The lowest BCUT2D eigenvalue weighted by Gasteiger charge is -2.30. The third-order valence-corrected chi connectivity index (χ3v) is 12.5. The van der Waals surface area contributed by atoms with Gasteiger partial charge in [0.1, 0.15) is 0 Å². The molecule has 1 heteroatoms. The van der Waals surface area contributed by atoms with E-state index in [1.165, 1.54) is 93.3 Å². The van der Waals surface area contributed by atoms with E-state index in [4.69, 9.17) is 0 Å². The average molecular weight is 678 g/mol. The highest BCUT2D eigenvalue weighted by atomic mass is 15.1. The average Bonchev–Trinajstić information content (AvgIpc) is 3.55. The van der Waals surface area contributed by atoms with Gasteiger partial charge in [0, 0.05) is 27.6 Å². The van der Waals surface area contributed by atoms with Crippen molar-refractivity contribution in [2.45, 2.75) is 38.5 Å². The molecular weight excluding hydrogens is 639 g/mol. The number of para-hydroxylation sites is 1. The molecule has 0 unspecified atom stereocenters. The fourth-order valence-corrected chi connectivity index (χ4v) is 9.91. The number of anilines is 3. The lowest BCUT2D eigenvalue weighted by atomic mass is 9.80. The Hall–Kier alpha value is -6.18. The summed E-state index contributed by atoms with van der Waals surface area (Å²) in [5.74, 6) is 0. The molecule has 9 aromatic carbocycles. The number of benzene rings is 9. The highest BCUT2D eigenvalue weighted by molar-refractivity contribution is 6.11. The van der Waals surface area contributed by atoms with Gasteiger partial charge in [-0.2, -0.15) is 0 Å². The van der Waals surface area contributed by atoms with Gasteiger partial charge in [0.25, 0.3) is 0 Å². The smallest absolute Gasteiger partial charge is 0.0543 e.